The fourth-order valence-electron chi connectivity index (χ4n) is 3.76. The molecule has 6 heteroatoms. The topological polar surface area (TPSA) is 53.5 Å². The van der Waals surface area contributed by atoms with E-state index in [2.05, 4.69) is 33.8 Å². The van der Waals surface area contributed by atoms with Crippen molar-refractivity contribution >= 4 is 9.84 Å². The van der Waals surface area contributed by atoms with Crippen LogP contribution in [0.1, 0.15) is 18.2 Å². The van der Waals surface area contributed by atoms with E-state index >= 15 is 0 Å². The Kier molecular flexibility index (Phi) is 4.27. The Morgan fingerprint density at radius 3 is 2.68 bits per heavy atom. The third-order valence-electron chi connectivity index (χ3n) is 5.09. The van der Waals surface area contributed by atoms with Crippen LogP contribution in [-0.4, -0.2) is 67.4 Å². The van der Waals surface area contributed by atoms with E-state index in [1.807, 2.05) is 20.3 Å². The van der Waals surface area contributed by atoms with Gasteiger partial charge < -0.3 is 4.90 Å². The molecule has 2 aliphatic rings. The van der Waals surface area contributed by atoms with Gasteiger partial charge in [0.1, 0.15) is 0 Å². The van der Waals surface area contributed by atoms with E-state index in [1.165, 1.54) is 5.56 Å². The summed E-state index contributed by atoms with van der Waals surface area (Å²) >= 11 is 0. The minimum atomic E-state index is -2.96. The van der Waals surface area contributed by atoms with Gasteiger partial charge in [0.25, 0.3) is 0 Å². The van der Waals surface area contributed by atoms with Crippen LogP contribution in [0, 0.1) is 5.92 Å². The first-order chi connectivity index (χ1) is 10.4. The smallest absolute Gasteiger partial charge is 0.156 e. The maximum Gasteiger partial charge on any atom is 0.156 e. The number of rotatable bonds is 4. The average molecular weight is 323 g/mol. The molecular weight excluding hydrogens is 298 g/mol. The molecule has 0 bridgehead atoms. The third-order valence-corrected chi connectivity index (χ3v) is 7.31. The molecule has 5 nitrogen and oxygen atoms in total. The molecule has 0 spiro atoms. The van der Waals surface area contributed by atoms with Gasteiger partial charge in [-0.2, -0.15) is 0 Å². The number of likely N-dealkylation sites (tertiary alicyclic amines) is 1. The van der Waals surface area contributed by atoms with E-state index in [0.29, 0.717) is 12.3 Å². The van der Waals surface area contributed by atoms with Crippen LogP contribution in [0.2, 0.25) is 0 Å². The number of sulfone groups is 1. The molecule has 3 heterocycles. The van der Waals surface area contributed by atoms with Crippen molar-refractivity contribution in [1.29, 1.82) is 0 Å². The van der Waals surface area contributed by atoms with Crippen LogP contribution >= 0.6 is 0 Å². The Balaban J connectivity index is 1.71. The zero-order valence-electron chi connectivity index (χ0n) is 13.6. The maximum absolute atomic E-state index is 12.4. The summed E-state index contributed by atoms with van der Waals surface area (Å²) in [6.45, 7) is 4.36. The fraction of sp³-hybridized carbons (Fsp3) is 0.688. The van der Waals surface area contributed by atoms with Crippen molar-refractivity contribution in [2.24, 2.45) is 5.92 Å². The van der Waals surface area contributed by atoms with Crippen molar-refractivity contribution < 1.29 is 8.42 Å². The van der Waals surface area contributed by atoms with E-state index in [9.17, 15) is 8.42 Å². The van der Waals surface area contributed by atoms with Gasteiger partial charge in [0, 0.05) is 37.8 Å². The summed E-state index contributed by atoms with van der Waals surface area (Å²) < 4.78 is 24.7. The largest absolute Gasteiger partial charge is 0.305 e. The molecule has 0 aromatic carbocycles. The van der Waals surface area contributed by atoms with E-state index < -0.39 is 9.84 Å². The first kappa shape index (κ1) is 15.9. The van der Waals surface area contributed by atoms with Crippen LogP contribution in [0.3, 0.4) is 0 Å². The van der Waals surface area contributed by atoms with Crippen LogP contribution in [-0.2, 0) is 22.8 Å². The second-order valence-electron chi connectivity index (χ2n) is 6.77. The summed E-state index contributed by atoms with van der Waals surface area (Å²) in [5.41, 5.74) is 2.26. The first-order valence-electron chi connectivity index (χ1n) is 7.95. The number of hydrogen-bond donors (Lipinski definition) is 0. The Hall–Kier alpha value is -0.980. The summed E-state index contributed by atoms with van der Waals surface area (Å²) in [5.74, 6) is 0.544. The zero-order chi connectivity index (χ0) is 15.9. The van der Waals surface area contributed by atoms with Gasteiger partial charge in [0.2, 0.25) is 0 Å². The highest BCUT2D eigenvalue weighted by Gasteiger charge is 2.52. The molecule has 3 atom stereocenters. The van der Waals surface area contributed by atoms with Crippen LogP contribution in [0.15, 0.2) is 18.3 Å². The van der Waals surface area contributed by atoms with Crippen molar-refractivity contribution in [3.05, 3.63) is 29.6 Å². The second kappa shape index (κ2) is 5.91. The zero-order valence-corrected chi connectivity index (χ0v) is 14.4. The standard InChI is InChI=1S/C16H25N3O2S/c1-4-12-5-6-13(17-7-12)8-19-9-14-15(18(2)3)11-22(20,21)16(14)10-19/h5-7,14-16H,4,8-11H2,1-3H3/t14-,15+,16-/m0/s1. The quantitative estimate of drug-likeness (QED) is 0.820. The number of pyridine rings is 1. The van der Waals surface area contributed by atoms with Gasteiger partial charge >= 0.3 is 0 Å². The highest BCUT2D eigenvalue weighted by molar-refractivity contribution is 7.92. The lowest BCUT2D eigenvalue weighted by molar-refractivity contribution is 0.229. The predicted molar refractivity (Wildman–Crippen MR) is 87.4 cm³/mol. The number of fused-ring (bicyclic) bond motifs is 1. The Morgan fingerprint density at radius 1 is 1.32 bits per heavy atom. The van der Waals surface area contributed by atoms with Gasteiger partial charge in [0.05, 0.1) is 16.7 Å². The van der Waals surface area contributed by atoms with Crippen molar-refractivity contribution in [2.45, 2.75) is 31.2 Å². The van der Waals surface area contributed by atoms with Gasteiger partial charge in [-0.3, -0.25) is 9.88 Å². The molecule has 0 amide bonds. The van der Waals surface area contributed by atoms with Crippen LogP contribution in [0.4, 0.5) is 0 Å². The summed E-state index contributed by atoms with van der Waals surface area (Å²) in [7, 11) is 1.01. The molecule has 122 valence electrons. The average Bonchev–Trinajstić information content (AvgIpc) is 2.99. The lowest BCUT2D eigenvalue weighted by Crippen LogP contribution is -2.37. The fourth-order valence-corrected chi connectivity index (χ4v) is 6.27. The minimum Gasteiger partial charge on any atom is -0.305 e. The second-order valence-corrected chi connectivity index (χ2v) is 9.03. The molecule has 2 fully saturated rings. The molecule has 1 aromatic rings. The molecule has 3 rings (SSSR count). The van der Waals surface area contributed by atoms with Crippen LogP contribution in [0.25, 0.3) is 0 Å². The Morgan fingerprint density at radius 2 is 2.09 bits per heavy atom. The lowest BCUT2D eigenvalue weighted by Gasteiger charge is -2.25. The number of aromatic nitrogens is 1. The van der Waals surface area contributed by atoms with E-state index in [0.717, 1.165) is 25.2 Å². The molecule has 0 N–H and O–H groups in total. The maximum atomic E-state index is 12.4. The SMILES string of the molecule is CCc1ccc(CN2C[C@H]3[C@H](N(C)C)CS(=O)(=O)[C@H]3C2)nc1. The van der Waals surface area contributed by atoms with Crippen LogP contribution in [0.5, 0.6) is 0 Å². The third kappa shape index (κ3) is 2.92. The molecule has 2 aliphatic heterocycles. The summed E-state index contributed by atoms with van der Waals surface area (Å²) in [6.07, 6.45) is 2.91. The molecule has 0 unspecified atom stereocenters. The normalized spacial score (nSPS) is 30.8. The first-order valence-corrected chi connectivity index (χ1v) is 9.66. The molecule has 0 saturated carbocycles. The Labute approximate surface area is 133 Å². The molecule has 22 heavy (non-hydrogen) atoms. The van der Waals surface area contributed by atoms with Gasteiger partial charge in [-0.25, -0.2) is 8.42 Å². The number of nitrogens with zero attached hydrogens (tertiary/aromatic N) is 3. The van der Waals surface area contributed by atoms with Crippen molar-refractivity contribution in [3.63, 3.8) is 0 Å². The van der Waals surface area contributed by atoms with Crippen LogP contribution < -0.4 is 0 Å². The number of hydrogen-bond acceptors (Lipinski definition) is 5. The molecular formula is C16H25N3O2S. The summed E-state index contributed by atoms with van der Waals surface area (Å²) in [6, 6.07) is 4.32. The predicted octanol–water partition coefficient (Wildman–Crippen LogP) is 0.803. The lowest BCUT2D eigenvalue weighted by atomic mass is 10.00. The summed E-state index contributed by atoms with van der Waals surface area (Å²) in [5, 5.41) is -0.199. The molecule has 2 saturated heterocycles. The van der Waals surface area contributed by atoms with E-state index in [-0.39, 0.29) is 17.2 Å². The van der Waals surface area contributed by atoms with E-state index in [4.69, 9.17) is 0 Å². The monoisotopic (exact) mass is 323 g/mol. The molecule has 0 radical (unpaired) electrons. The van der Waals surface area contributed by atoms with E-state index in [1.54, 1.807) is 0 Å². The minimum absolute atomic E-state index is 0.149. The van der Waals surface area contributed by atoms with Crippen molar-refractivity contribution in [1.82, 2.24) is 14.8 Å². The van der Waals surface area contributed by atoms with Crippen molar-refractivity contribution in [3.8, 4) is 0 Å². The Bertz CT molecular complexity index is 627. The number of aryl methyl sites for hydroxylation is 1. The highest BCUT2D eigenvalue weighted by atomic mass is 32.2. The summed E-state index contributed by atoms with van der Waals surface area (Å²) in [4.78, 5) is 8.81. The van der Waals surface area contributed by atoms with Gasteiger partial charge in [0.15, 0.2) is 9.84 Å². The van der Waals surface area contributed by atoms with Crippen molar-refractivity contribution in [2.75, 3.05) is 32.9 Å². The molecule has 1 aromatic heterocycles. The van der Waals surface area contributed by atoms with Gasteiger partial charge in [-0.15, -0.1) is 0 Å². The highest BCUT2D eigenvalue weighted by Crippen LogP contribution is 2.36. The van der Waals surface area contributed by atoms with Gasteiger partial charge in [-0.1, -0.05) is 13.0 Å². The van der Waals surface area contributed by atoms with Gasteiger partial charge in [-0.05, 0) is 32.1 Å². The molecule has 0 aliphatic carbocycles.